The number of allylic oxidation sites excluding steroid dienone is 2. The highest BCUT2D eigenvalue weighted by Crippen LogP contribution is 2.62. The van der Waals surface area contributed by atoms with Crippen LogP contribution in [-0.2, 0) is 10.2 Å². The number of nitrogens with zero attached hydrogens (tertiary/aromatic N) is 4. The molecule has 0 aromatic heterocycles. The van der Waals surface area contributed by atoms with E-state index in [0.29, 0.717) is 24.2 Å². The topological polar surface area (TPSA) is 130 Å². The Labute approximate surface area is 157 Å². The Balaban J connectivity index is 2.15. The minimum Gasteiger partial charge on any atom is -0.399 e. The van der Waals surface area contributed by atoms with Crippen LogP contribution in [0.3, 0.4) is 0 Å². The highest BCUT2D eigenvalue weighted by atomic mass is 16.2. The van der Waals surface area contributed by atoms with Crippen LogP contribution in [0.1, 0.15) is 12.0 Å². The van der Waals surface area contributed by atoms with E-state index in [1.165, 1.54) is 0 Å². The maximum atomic E-state index is 13.5. The lowest BCUT2D eigenvalue weighted by atomic mass is 9.46. The van der Waals surface area contributed by atoms with E-state index in [1.54, 1.807) is 24.3 Å². The van der Waals surface area contributed by atoms with Crippen LogP contribution in [0.25, 0.3) is 0 Å². The summed E-state index contributed by atoms with van der Waals surface area (Å²) in [6.07, 6.45) is 0.648. The molecule has 0 saturated carbocycles. The molecule has 1 amide bonds. The van der Waals surface area contributed by atoms with Gasteiger partial charge in [-0.3, -0.25) is 4.79 Å². The molecule has 3 N–H and O–H groups in total. The predicted molar refractivity (Wildman–Crippen MR) is 96.3 cm³/mol. The van der Waals surface area contributed by atoms with Gasteiger partial charge >= 0.3 is 0 Å². The second kappa shape index (κ2) is 5.58. The first-order valence-corrected chi connectivity index (χ1v) is 8.80. The van der Waals surface area contributed by atoms with E-state index in [-0.39, 0.29) is 17.2 Å². The number of amides is 1. The first-order valence-electron chi connectivity index (χ1n) is 8.80. The molecule has 7 nitrogen and oxygen atoms in total. The lowest BCUT2D eigenvalue weighted by Crippen LogP contribution is -2.64. The Hall–Kier alpha value is -3.34. The molecule has 0 radical (unpaired) electrons. The van der Waals surface area contributed by atoms with Gasteiger partial charge in [-0.25, -0.2) is 0 Å². The van der Waals surface area contributed by atoms with Crippen molar-refractivity contribution in [2.24, 2.45) is 23.0 Å². The van der Waals surface area contributed by atoms with E-state index in [2.05, 4.69) is 28.4 Å². The van der Waals surface area contributed by atoms with Gasteiger partial charge in [-0.15, -0.1) is 0 Å². The van der Waals surface area contributed by atoms with Crippen LogP contribution in [0.15, 0.2) is 35.5 Å². The maximum absolute atomic E-state index is 13.5. The van der Waals surface area contributed by atoms with Gasteiger partial charge in [0.15, 0.2) is 0 Å². The van der Waals surface area contributed by atoms with Gasteiger partial charge in [0.25, 0.3) is 0 Å². The van der Waals surface area contributed by atoms with Crippen LogP contribution < -0.4 is 11.1 Å². The SMILES string of the molecule is CN1CC[C@H]2C(C#N)=C(N)C(C#N)(C#N)[C@@]3(C(=O)Nc4ccccc43)[C@@H]2C1. The summed E-state index contributed by atoms with van der Waals surface area (Å²) < 4.78 is 0. The Morgan fingerprint density at radius 2 is 1.96 bits per heavy atom. The number of carbonyl (C=O) groups is 1. The maximum Gasteiger partial charge on any atom is 0.238 e. The zero-order chi connectivity index (χ0) is 19.4. The molecule has 3 atom stereocenters. The van der Waals surface area contributed by atoms with Gasteiger partial charge in [0.2, 0.25) is 11.3 Å². The second-order valence-electron chi connectivity index (χ2n) is 7.48. The zero-order valence-electron chi connectivity index (χ0n) is 14.9. The molecule has 1 fully saturated rings. The number of hydrogen-bond donors (Lipinski definition) is 2. The van der Waals surface area contributed by atoms with Crippen LogP contribution in [-0.4, -0.2) is 30.9 Å². The number of carbonyl (C=O) groups excluding carboxylic acids is 1. The highest BCUT2D eigenvalue weighted by molar-refractivity contribution is 6.09. The number of rotatable bonds is 0. The summed E-state index contributed by atoms with van der Waals surface area (Å²) in [6.45, 7) is 1.25. The number of benzene rings is 1. The molecule has 0 unspecified atom stereocenters. The van der Waals surface area contributed by atoms with E-state index < -0.39 is 22.7 Å². The largest absolute Gasteiger partial charge is 0.399 e. The number of fused-ring (bicyclic) bond motifs is 4. The Morgan fingerprint density at radius 1 is 1.26 bits per heavy atom. The lowest BCUT2D eigenvalue weighted by molar-refractivity contribution is -0.128. The molecular weight excluding hydrogens is 340 g/mol. The number of para-hydroxylation sites is 1. The first kappa shape index (κ1) is 17.1. The summed E-state index contributed by atoms with van der Waals surface area (Å²) in [6, 6.07) is 13.4. The fourth-order valence-electron chi connectivity index (χ4n) is 5.28. The van der Waals surface area contributed by atoms with E-state index in [0.717, 1.165) is 6.54 Å². The third-order valence-corrected chi connectivity index (χ3v) is 6.44. The van der Waals surface area contributed by atoms with Crippen LogP contribution in [0.5, 0.6) is 0 Å². The van der Waals surface area contributed by atoms with Gasteiger partial charge in [0.1, 0.15) is 5.41 Å². The minimum absolute atomic E-state index is 0.0762. The zero-order valence-corrected chi connectivity index (χ0v) is 14.9. The Morgan fingerprint density at radius 3 is 2.63 bits per heavy atom. The Kier molecular flexibility index (Phi) is 3.53. The van der Waals surface area contributed by atoms with Crippen molar-refractivity contribution < 1.29 is 4.79 Å². The monoisotopic (exact) mass is 358 g/mol. The average molecular weight is 358 g/mol. The van der Waals surface area contributed by atoms with Gasteiger partial charge in [0, 0.05) is 24.1 Å². The molecule has 3 aliphatic rings. The number of nitrogens with two attached hydrogens (primary N) is 1. The van der Waals surface area contributed by atoms with Crippen molar-refractivity contribution in [3.8, 4) is 18.2 Å². The molecule has 2 aliphatic heterocycles. The standard InChI is InChI=1S/C20H18N6O/c1-26-7-6-12-13(8-21)17(24)19(10-22,11-23)20(15(12)9-26)14-4-2-3-5-16(14)25-18(20)27/h2-5,12,15H,6-7,9,24H2,1H3,(H,25,27)/t12-,15+,20+/m0/s1. The van der Waals surface area contributed by atoms with Crippen LogP contribution in [0, 0.1) is 51.2 Å². The van der Waals surface area contributed by atoms with Gasteiger partial charge < -0.3 is 16.0 Å². The number of piperidine rings is 1. The highest BCUT2D eigenvalue weighted by Gasteiger charge is 2.72. The minimum atomic E-state index is -1.94. The molecule has 2 heterocycles. The number of nitrogens with one attached hydrogen (secondary N) is 1. The molecular formula is C20H18N6O. The van der Waals surface area contributed by atoms with Gasteiger partial charge in [0.05, 0.1) is 29.5 Å². The summed E-state index contributed by atoms with van der Waals surface area (Å²) in [4.78, 5) is 15.5. The molecule has 1 aliphatic carbocycles. The van der Waals surface area contributed by atoms with Crippen LogP contribution in [0.2, 0.25) is 0 Å². The fourth-order valence-corrected chi connectivity index (χ4v) is 5.28. The third-order valence-electron chi connectivity index (χ3n) is 6.44. The van der Waals surface area contributed by atoms with Crippen molar-refractivity contribution in [3.63, 3.8) is 0 Å². The summed E-state index contributed by atoms with van der Waals surface area (Å²) >= 11 is 0. The second-order valence-corrected chi connectivity index (χ2v) is 7.48. The average Bonchev–Trinajstić information content (AvgIpc) is 2.97. The first-order chi connectivity index (χ1) is 13.0. The normalized spacial score (nSPS) is 31.3. The van der Waals surface area contributed by atoms with E-state index in [9.17, 15) is 20.6 Å². The molecule has 1 spiro atoms. The van der Waals surface area contributed by atoms with Crippen LogP contribution in [0.4, 0.5) is 5.69 Å². The third kappa shape index (κ3) is 1.78. The molecule has 1 saturated heterocycles. The molecule has 4 rings (SSSR count). The lowest BCUT2D eigenvalue weighted by Gasteiger charge is -2.53. The Bertz CT molecular complexity index is 993. The summed E-state index contributed by atoms with van der Waals surface area (Å²) in [5.41, 5.74) is 4.35. The number of likely N-dealkylation sites (tertiary alicyclic amines) is 1. The predicted octanol–water partition coefficient (Wildman–Crippen LogP) is 1.23. The molecule has 0 bridgehead atoms. The van der Waals surface area contributed by atoms with E-state index in [1.807, 2.05) is 7.05 Å². The number of nitriles is 3. The number of hydrogen-bond acceptors (Lipinski definition) is 6. The van der Waals surface area contributed by atoms with Crippen molar-refractivity contribution in [2.45, 2.75) is 11.8 Å². The van der Waals surface area contributed by atoms with E-state index in [4.69, 9.17) is 5.73 Å². The fraction of sp³-hybridized carbons (Fsp3) is 0.400. The van der Waals surface area contributed by atoms with Crippen molar-refractivity contribution >= 4 is 11.6 Å². The van der Waals surface area contributed by atoms with Gasteiger partial charge in [-0.05, 0) is 31.6 Å². The van der Waals surface area contributed by atoms with Crippen molar-refractivity contribution in [1.29, 1.82) is 15.8 Å². The van der Waals surface area contributed by atoms with Crippen molar-refractivity contribution in [2.75, 3.05) is 25.5 Å². The van der Waals surface area contributed by atoms with Crippen molar-refractivity contribution in [3.05, 3.63) is 41.1 Å². The van der Waals surface area contributed by atoms with Gasteiger partial charge in [-0.1, -0.05) is 18.2 Å². The van der Waals surface area contributed by atoms with Gasteiger partial charge in [-0.2, -0.15) is 15.8 Å². The molecule has 27 heavy (non-hydrogen) atoms. The van der Waals surface area contributed by atoms with E-state index >= 15 is 0 Å². The molecule has 1 aromatic carbocycles. The van der Waals surface area contributed by atoms with Crippen molar-refractivity contribution in [1.82, 2.24) is 4.90 Å². The number of anilines is 1. The summed E-state index contributed by atoms with van der Waals surface area (Å²) in [5.74, 6) is -1.06. The quantitative estimate of drug-likeness (QED) is 0.717. The summed E-state index contributed by atoms with van der Waals surface area (Å²) in [7, 11) is 1.94. The van der Waals surface area contributed by atoms with Crippen LogP contribution >= 0.6 is 0 Å². The molecule has 1 aromatic rings. The molecule has 7 heteroatoms. The molecule has 134 valence electrons. The smallest absolute Gasteiger partial charge is 0.238 e. The summed E-state index contributed by atoms with van der Waals surface area (Å²) in [5, 5.41) is 32.9.